The van der Waals surface area contributed by atoms with Gasteiger partial charge in [0.05, 0.1) is 5.56 Å². The smallest absolute Gasteiger partial charge is 0.228 e. The van der Waals surface area contributed by atoms with Crippen molar-refractivity contribution in [1.29, 1.82) is 5.41 Å². The van der Waals surface area contributed by atoms with Crippen LogP contribution in [-0.2, 0) is 0 Å². The minimum absolute atomic E-state index is 0.503. The van der Waals surface area contributed by atoms with Gasteiger partial charge >= 0.3 is 0 Å². The molecule has 3 nitrogen and oxygen atoms in total. The summed E-state index contributed by atoms with van der Waals surface area (Å²) < 4.78 is 5.48. The third-order valence-corrected chi connectivity index (χ3v) is 2.00. The number of aliphatic imine (C=N–C) groups is 1. The highest BCUT2D eigenvalue weighted by molar-refractivity contribution is 6.01. The molecule has 2 aromatic rings. The summed E-state index contributed by atoms with van der Waals surface area (Å²) in [5.41, 5.74) is 1.50. The van der Waals surface area contributed by atoms with E-state index in [1.807, 2.05) is 31.2 Å². The van der Waals surface area contributed by atoms with Gasteiger partial charge in [-0.3, -0.25) is 0 Å². The van der Waals surface area contributed by atoms with Gasteiger partial charge in [-0.25, -0.2) is 4.99 Å². The van der Waals surface area contributed by atoms with E-state index in [0.29, 0.717) is 5.88 Å². The van der Waals surface area contributed by atoms with Gasteiger partial charge in [-0.1, -0.05) is 18.2 Å². The van der Waals surface area contributed by atoms with Gasteiger partial charge in [0, 0.05) is 17.8 Å². The highest BCUT2D eigenvalue weighted by Gasteiger charge is 2.09. The quantitative estimate of drug-likeness (QED) is 0.719. The molecule has 0 radical (unpaired) electrons. The highest BCUT2D eigenvalue weighted by atomic mass is 16.3. The molecule has 0 unspecified atom stereocenters. The van der Waals surface area contributed by atoms with E-state index in [1.165, 1.54) is 6.21 Å². The minimum atomic E-state index is 0.503. The van der Waals surface area contributed by atoms with Crippen molar-refractivity contribution in [2.24, 2.45) is 4.99 Å². The Bertz CT molecular complexity index is 497. The number of fused-ring (bicyclic) bond motifs is 1. The number of nitrogens with one attached hydrogen (secondary N) is 1. The summed E-state index contributed by atoms with van der Waals surface area (Å²) in [6, 6.07) is 7.62. The van der Waals surface area contributed by atoms with Gasteiger partial charge < -0.3 is 9.83 Å². The zero-order valence-electron chi connectivity index (χ0n) is 7.82. The molecule has 1 N–H and O–H groups in total. The van der Waals surface area contributed by atoms with Crippen molar-refractivity contribution in [3.05, 3.63) is 29.8 Å². The van der Waals surface area contributed by atoms with E-state index < -0.39 is 0 Å². The van der Waals surface area contributed by atoms with E-state index in [0.717, 1.165) is 16.5 Å². The van der Waals surface area contributed by atoms with E-state index in [-0.39, 0.29) is 0 Å². The van der Waals surface area contributed by atoms with E-state index in [9.17, 15) is 0 Å². The lowest BCUT2D eigenvalue weighted by Crippen LogP contribution is -1.75. The molecule has 0 amide bonds. The van der Waals surface area contributed by atoms with Crippen LogP contribution in [0.1, 0.15) is 12.5 Å². The molecule has 1 aromatic heterocycles. The van der Waals surface area contributed by atoms with Gasteiger partial charge in [0.15, 0.2) is 0 Å². The third kappa shape index (κ3) is 1.23. The first-order valence-electron chi connectivity index (χ1n) is 4.37. The minimum Gasteiger partial charge on any atom is -0.438 e. The molecule has 0 aliphatic carbocycles. The SMILES string of the molecule is C/C=N\c1oc2ccccc2c1C=N. The second kappa shape index (κ2) is 3.46. The van der Waals surface area contributed by atoms with E-state index >= 15 is 0 Å². The molecule has 70 valence electrons. The van der Waals surface area contributed by atoms with Gasteiger partial charge in [0.1, 0.15) is 5.58 Å². The fourth-order valence-corrected chi connectivity index (χ4v) is 1.41. The largest absolute Gasteiger partial charge is 0.438 e. The zero-order valence-corrected chi connectivity index (χ0v) is 7.82. The Balaban J connectivity index is 2.78. The van der Waals surface area contributed by atoms with Crippen molar-refractivity contribution in [2.45, 2.75) is 6.92 Å². The lowest BCUT2D eigenvalue weighted by atomic mass is 10.2. The van der Waals surface area contributed by atoms with Crippen LogP contribution >= 0.6 is 0 Å². The van der Waals surface area contributed by atoms with Crippen LogP contribution in [0.3, 0.4) is 0 Å². The van der Waals surface area contributed by atoms with Gasteiger partial charge in [0.25, 0.3) is 0 Å². The maximum Gasteiger partial charge on any atom is 0.228 e. The highest BCUT2D eigenvalue weighted by Crippen LogP contribution is 2.30. The number of hydrogen-bond donors (Lipinski definition) is 1. The van der Waals surface area contributed by atoms with Crippen LogP contribution in [0.15, 0.2) is 33.7 Å². The van der Waals surface area contributed by atoms with E-state index in [1.54, 1.807) is 6.21 Å². The molecular formula is C11H10N2O. The summed E-state index contributed by atoms with van der Waals surface area (Å²) >= 11 is 0. The van der Waals surface area contributed by atoms with Gasteiger partial charge in [-0.2, -0.15) is 0 Å². The first kappa shape index (κ1) is 8.69. The van der Waals surface area contributed by atoms with Crippen molar-refractivity contribution >= 4 is 29.3 Å². The van der Waals surface area contributed by atoms with Crippen LogP contribution < -0.4 is 0 Å². The predicted octanol–water partition coefficient (Wildman–Crippen LogP) is 3.15. The fraction of sp³-hybridized carbons (Fsp3) is 0.0909. The van der Waals surface area contributed by atoms with Crippen molar-refractivity contribution in [2.75, 3.05) is 0 Å². The molecule has 0 spiro atoms. The molecule has 14 heavy (non-hydrogen) atoms. The molecule has 0 aliphatic rings. The molecule has 1 heterocycles. The molecule has 0 saturated carbocycles. The van der Waals surface area contributed by atoms with Crippen LogP contribution in [0.2, 0.25) is 0 Å². The molecule has 3 heteroatoms. The normalized spacial score (nSPS) is 11.2. The Kier molecular flexibility index (Phi) is 2.14. The van der Waals surface area contributed by atoms with Crippen molar-refractivity contribution in [1.82, 2.24) is 0 Å². The summed E-state index contributed by atoms with van der Waals surface area (Å²) in [4.78, 5) is 4.07. The summed E-state index contributed by atoms with van der Waals surface area (Å²) in [7, 11) is 0. The van der Waals surface area contributed by atoms with Gasteiger partial charge in [-0.15, -0.1) is 0 Å². The third-order valence-electron chi connectivity index (χ3n) is 2.00. The van der Waals surface area contributed by atoms with Crippen LogP contribution in [0.4, 0.5) is 5.88 Å². The van der Waals surface area contributed by atoms with Crippen LogP contribution in [0.25, 0.3) is 11.0 Å². The lowest BCUT2D eigenvalue weighted by molar-refractivity contribution is 0.626. The molecule has 0 fully saturated rings. The number of nitrogens with zero attached hydrogens (tertiary/aromatic N) is 1. The Hall–Kier alpha value is -1.90. The monoisotopic (exact) mass is 186 g/mol. The Morgan fingerprint density at radius 1 is 1.36 bits per heavy atom. The Labute approximate surface area is 81.6 Å². The standard InChI is InChI=1S/C11H10N2O/c1-2-13-11-9(7-12)8-5-3-4-6-10(8)14-11/h2-7,12H,1H3/b12-7?,13-2-. The van der Waals surface area contributed by atoms with Crippen molar-refractivity contribution in [3.63, 3.8) is 0 Å². The second-order valence-electron chi connectivity index (χ2n) is 2.85. The van der Waals surface area contributed by atoms with Crippen molar-refractivity contribution in [3.8, 4) is 0 Å². The molecule has 0 aliphatic heterocycles. The first-order chi connectivity index (χ1) is 6.86. The molecule has 0 atom stereocenters. The Morgan fingerprint density at radius 2 is 2.14 bits per heavy atom. The number of benzene rings is 1. The number of hydrogen-bond acceptors (Lipinski definition) is 3. The van der Waals surface area contributed by atoms with Crippen LogP contribution in [0.5, 0.6) is 0 Å². The second-order valence-corrected chi connectivity index (χ2v) is 2.85. The predicted molar refractivity (Wildman–Crippen MR) is 57.9 cm³/mol. The zero-order chi connectivity index (χ0) is 9.97. The molecule has 2 rings (SSSR count). The number of furan rings is 1. The van der Waals surface area contributed by atoms with Gasteiger partial charge in [0.2, 0.25) is 5.88 Å². The van der Waals surface area contributed by atoms with Crippen LogP contribution in [0, 0.1) is 5.41 Å². The molecule has 0 bridgehead atoms. The summed E-state index contributed by atoms with van der Waals surface area (Å²) in [5, 5.41) is 8.24. The number of para-hydroxylation sites is 1. The van der Waals surface area contributed by atoms with Gasteiger partial charge in [-0.05, 0) is 13.0 Å². The molecular weight excluding hydrogens is 176 g/mol. The van der Waals surface area contributed by atoms with Crippen LogP contribution in [-0.4, -0.2) is 12.4 Å². The average molecular weight is 186 g/mol. The first-order valence-corrected chi connectivity index (χ1v) is 4.37. The summed E-state index contributed by atoms with van der Waals surface area (Å²) in [6.45, 7) is 1.82. The maximum absolute atomic E-state index is 7.30. The van der Waals surface area contributed by atoms with E-state index in [4.69, 9.17) is 9.83 Å². The average Bonchev–Trinajstić information content (AvgIpc) is 2.55. The topological polar surface area (TPSA) is 49.4 Å². The summed E-state index contributed by atoms with van der Waals surface area (Å²) in [5.74, 6) is 0.503. The fourth-order valence-electron chi connectivity index (χ4n) is 1.41. The molecule has 1 aromatic carbocycles. The number of rotatable bonds is 2. The molecule has 0 saturated heterocycles. The van der Waals surface area contributed by atoms with Crippen molar-refractivity contribution < 1.29 is 4.42 Å². The summed E-state index contributed by atoms with van der Waals surface area (Å²) in [6.07, 6.45) is 2.93. The Morgan fingerprint density at radius 3 is 2.86 bits per heavy atom. The van der Waals surface area contributed by atoms with E-state index in [2.05, 4.69) is 4.99 Å². The lowest BCUT2D eigenvalue weighted by Gasteiger charge is -1.87. The maximum atomic E-state index is 7.30.